The molecule has 6 N–H and O–H groups in total. The number of carbonyl (C=O) groups is 4. The second-order valence-corrected chi connectivity index (χ2v) is 8.13. The maximum absolute atomic E-state index is 13.0. The molecule has 192 valence electrons. The van der Waals surface area contributed by atoms with Crippen LogP contribution in [0.1, 0.15) is 41.4 Å². The number of hydrogen-bond acceptors (Lipinski definition) is 6. The molecule has 2 amide bonds. The fourth-order valence-corrected chi connectivity index (χ4v) is 3.37. The molecule has 9 nitrogen and oxygen atoms in total. The van der Waals surface area contributed by atoms with Crippen LogP contribution in [0.5, 0.6) is 0 Å². The number of amides is 2. The summed E-state index contributed by atoms with van der Waals surface area (Å²) in [5, 5.41) is 11.7. The number of nitrogens with one attached hydrogen (secondary N) is 1. The van der Waals surface area contributed by atoms with E-state index < -0.39 is 17.8 Å². The van der Waals surface area contributed by atoms with E-state index in [0.29, 0.717) is 17.7 Å². The second kappa shape index (κ2) is 12.5. The van der Waals surface area contributed by atoms with Crippen LogP contribution in [0.2, 0.25) is 0 Å². The van der Waals surface area contributed by atoms with Crippen molar-refractivity contribution >= 4 is 46.8 Å². The molecule has 0 unspecified atom stereocenters. The highest BCUT2D eigenvalue weighted by atomic mass is 16.4. The van der Waals surface area contributed by atoms with Gasteiger partial charge in [0.2, 0.25) is 0 Å². The first kappa shape index (κ1) is 27.2. The Hall–Kier alpha value is -5.44. The van der Waals surface area contributed by atoms with E-state index >= 15 is 0 Å². The minimum Gasteiger partial charge on any atom is -0.478 e. The number of aromatic carboxylic acids is 1. The van der Waals surface area contributed by atoms with E-state index in [1.165, 1.54) is 41.3 Å². The largest absolute Gasteiger partial charge is 0.478 e. The van der Waals surface area contributed by atoms with E-state index in [0.717, 1.165) is 5.69 Å². The second-order valence-electron chi connectivity index (χ2n) is 8.13. The van der Waals surface area contributed by atoms with Gasteiger partial charge >= 0.3 is 5.97 Å². The highest BCUT2D eigenvalue weighted by molar-refractivity contribution is 6.12. The summed E-state index contributed by atoms with van der Waals surface area (Å²) < 4.78 is 0. The van der Waals surface area contributed by atoms with Crippen molar-refractivity contribution in [3.05, 3.63) is 119 Å². The summed E-state index contributed by atoms with van der Waals surface area (Å²) in [6, 6.07) is 26.0. The molecular weight excluding hydrogens is 484 g/mol. The zero-order valence-electron chi connectivity index (χ0n) is 20.5. The number of carboxylic acid groups (broad SMARTS) is 1. The van der Waals surface area contributed by atoms with Crippen molar-refractivity contribution in [3.8, 4) is 0 Å². The van der Waals surface area contributed by atoms with Gasteiger partial charge in [-0.2, -0.15) is 0 Å². The molecule has 0 aliphatic carbocycles. The number of anilines is 4. The number of nitrogens with zero attached hydrogens (tertiary/aromatic N) is 1. The van der Waals surface area contributed by atoms with E-state index in [4.69, 9.17) is 16.6 Å². The Labute approximate surface area is 219 Å². The van der Waals surface area contributed by atoms with Gasteiger partial charge in [-0.25, -0.2) is 4.79 Å². The molecule has 0 saturated carbocycles. The first-order valence-corrected chi connectivity index (χ1v) is 11.4. The number of hydrogen-bond donors (Lipinski definition) is 4. The third-order valence-electron chi connectivity index (χ3n) is 5.42. The van der Waals surface area contributed by atoms with Crippen LogP contribution >= 0.6 is 0 Å². The topological polar surface area (TPSA) is 156 Å². The molecule has 0 atom stereocenters. The van der Waals surface area contributed by atoms with Crippen LogP contribution in [0.4, 0.5) is 22.7 Å². The highest BCUT2D eigenvalue weighted by Gasteiger charge is 2.20. The molecule has 0 spiro atoms. The molecule has 0 radical (unpaired) electrons. The Bertz CT molecular complexity index is 1450. The quantitative estimate of drug-likeness (QED) is 0.218. The van der Waals surface area contributed by atoms with Crippen LogP contribution in [-0.4, -0.2) is 36.2 Å². The minimum absolute atomic E-state index is 0.0232. The van der Waals surface area contributed by atoms with Crippen molar-refractivity contribution in [2.24, 2.45) is 0 Å². The van der Waals surface area contributed by atoms with E-state index in [9.17, 15) is 19.2 Å². The normalized spacial score (nSPS) is 9.92. The Morgan fingerprint density at radius 1 is 0.789 bits per heavy atom. The summed E-state index contributed by atoms with van der Waals surface area (Å²) in [5.74, 6) is -2.15. The monoisotopic (exact) mass is 510 g/mol. The van der Waals surface area contributed by atoms with Gasteiger partial charge in [-0.15, -0.1) is 0 Å². The molecule has 0 saturated heterocycles. The zero-order chi connectivity index (χ0) is 27.7. The van der Waals surface area contributed by atoms with Gasteiger partial charge in [0.1, 0.15) is 0 Å². The fourth-order valence-electron chi connectivity index (χ4n) is 3.37. The van der Waals surface area contributed by atoms with Crippen molar-refractivity contribution in [1.82, 2.24) is 0 Å². The van der Waals surface area contributed by atoms with E-state index in [1.54, 1.807) is 37.4 Å². The maximum Gasteiger partial charge on any atom is 0.335 e. The molecule has 0 fully saturated rings. The highest BCUT2D eigenvalue weighted by Crippen LogP contribution is 2.21. The summed E-state index contributed by atoms with van der Waals surface area (Å²) in [7, 11) is 1.55. The number of carboxylic acids is 1. The van der Waals surface area contributed by atoms with Crippen molar-refractivity contribution in [1.29, 1.82) is 0 Å². The lowest BCUT2D eigenvalue weighted by Gasteiger charge is -2.19. The van der Waals surface area contributed by atoms with Gasteiger partial charge in [0.25, 0.3) is 11.8 Å². The molecular formula is C29H26N4O5. The van der Waals surface area contributed by atoms with E-state index in [-0.39, 0.29) is 27.9 Å². The summed E-state index contributed by atoms with van der Waals surface area (Å²) in [6.07, 6.45) is 0.544. The third kappa shape index (κ3) is 7.05. The van der Waals surface area contributed by atoms with Crippen LogP contribution in [0.3, 0.4) is 0 Å². The maximum atomic E-state index is 13.0. The van der Waals surface area contributed by atoms with Gasteiger partial charge in [-0.3, -0.25) is 14.4 Å². The molecule has 0 aliphatic rings. The third-order valence-corrected chi connectivity index (χ3v) is 5.42. The van der Waals surface area contributed by atoms with Gasteiger partial charge in [0.15, 0.2) is 6.29 Å². The predicted octanol–water partition coefficient (Wildman–Crippen LogP) is 4.58. The van der Waals surface area contributed by atoms with E-state index in [2.05, 4.69) is 5.32 Å². The number of rotatable bonds is 6. The van der Waals surface area contributed by atoms with Crippen LogP contribution in [0, 0.1) is 0 Å². The van der Waals surface area contributed by atoms with Crippen molar-refractivity contribution in [2.75, 3.05) is 28.7 Å². The average Bonchev–Trinajstić information content (AvgIpc) is 2.93. The van der Waals surface area contributed by atoms with Crippen LogP contribution in [0.25, 0.3) is 0 Å². The Morgan fingerprint density at radius 2 is 1.45 bits per heavy atom. The summed E-state index contributed by atoms with van der Waals surface area (Å²) in [4.78, 5) is 49.6. The van der Waals surface area contributed by atoms with Crippen LogP contribution < -0.4 is 21.7 Å². The van der Waals surface area contributed by atoms with Gasteiger partial charge in [-0.05, 0) is 66.7 Å². The van der Waals surface area contributed by atoms with Gasteiger partial charge in [-0.1, -0.05) is 30.3 Å². The Morgan fingerprint density at radius 3 is 2.03 bits per heavy atom. The molecule has 0 aliphatic heterocycles. The van der Waals surface area contributed by atoms with Crippen molar-refractivity contribution in [2.45, 2.75) is 0 Å². The number of benzene rings is 4. The molecule has 0 heterocycles. The van der Waals surface area contributed by atoms with Gasteiger partial charge in [0.05, 0.1) is 11.1 Å². The number of carbonyl (C=O) groups excluding carboxylic acids is 3. The number of para-hydroxylation sites is 1. The lowest BCUT2D eigenvalue weighted by atomic mass is 10.0. The molecule has 4 aromatic carbocycles. The number of nitrogens with two attached hydrogens (primary N) is 2. The van der Waals surface area contributed by atoms with Gasteiger partial charge in [0, 0.05) is 40.9 Å². The molecule has 38 heavy (non-hydrogen) atoms. The van der Waals surface area contributed by atoms with Crippen LogP contribution in [0.15, 0.2) is 97.1 Å². The smallest absolute Gasteiger partial charge is 0.335 e. The summed E-state index contributed by atoms with van der Waals surface area (Å²) in [6.45, 7) is 0. The molecule has 4 rings (SSSR count). The Balaban J connectivity index is 0.000000494. The predicted molar refractivity (Wildman–Crippen MR) is 148 cm³/mol. The summed E-state index contributed by atoms with van der Waals surface area (Å²) in [5.41, 5.74) is 13.6. The standard InChI is InChI=1S/C23H19N3O5.C6H7N/c1-26(19-9-7-17(24)8-10-19)22(29)20-12-14(5-6-16(20)13-27)21(28)25-18-4-2-3-15(11-18)23(30)31;7-6-4-2-1-3-5-6/h2-13H,24H2,1H3,(H,25,28)(H,30,31);1-5H,7H2. The van der Waals surface area contributed by atoms with Crippen LogP contribution in [-0.2, 0) is 0 Å². The lowest BCUT2D eigenvalue weighted by Crippen LogP contribution is -2.27. The molecule has 0 aromatic heterocycles. The molecule has 4 aromatic rings. The molecule has 9 heteroatoms. The van der Waals surface area contributed by atoms with Crippen molar-refractivity contribution < 1.29 is 24.3 Å². The molecule has 0 bridgehead atoms. The van der Waals surface area contributed by atoms with Gasteiger partial charge < -0.3 is 26.8 Å². The van der Waals surface area contributed by atoms with E-state index in [1.807, 2.05) is 30.3 Å². The fraction of sp³-hybridized carbons (Fsp3) is 0.0345. The number of aldehydes is 1. The van der Waals surface area contributed by atoms with Crippen molar-refractivity contribution in [3.63, 3.8) is 0 Å². The average molecular weight is 511 g/mol. The first-order chi connectivity index (χ1) is 18.2. The SMILES string of the molecule is CN(C(=O)c1cc(C(=O)Nc2cccc(C(=O)O)c2)ccc1C=O)c1ccc(N)cc1.Nc1ccccc1. The first-order valence-electron chi connectivity index (χ1n) is 11.4. The Kier molecular flexibility index (Phi) is 8.93. The minimum atomic E-state index is -1.12. The lowest BCUT2D eigenvalue weighted by molar-refractivity contribution is 0.0696. The number of nitrogen functional groups attached to an aromatic ring is 2. The zero-order valence-corrected chi connectivity index (χ0v) is 20.5. The summed E-state index contributed by atoms with van der Waals surface area (Å²) >= 11 is 0.